The van der Waals surface area contributed by atoms with E-state index in [-0.39, 0.29) is 0 Å². The van der Waals surface area contributed by atoms with Crippen LogP contribution >= 0.6 is 10.0 Å². The Morgan fingerprint density at radius 2 is 0.821 bits per heavy atom. The van der Waals surface area contributed by atoms with E-state index in [1.165, 1.54) is 25.1 Å². The van der Waals surface area contributed by atoms with E-state index in [0.29, 0.717) is 5.92 Å². The predicted octanol–water partition coefficient (Wildman–Crippen LogP) is 8.15. The molecule has 0 bridgehead atoms. The number of hydrogen-bond donors (Lipinski definition) is 0. The van der Waals surface area contributed by atoms with Crippen molar-refractivity contribution >= 4 is 10.0 Å². The zero-order valence-corrected chi connectivity index (χ0v) is 17.3. The average molecular weight is 383 g/mol. The molecular formula is C27H26S. The maximum absolute atomic E-state index is 2.34. The summed E-state index contributed by atoms with van der Waals surface area (Å²) in [5.41, 5.74) is 1.43. The molecule has 0 saturated carbocycles. The Labute approximate surface area is 170 Å². The summed E-state index contributed by atoms with van der Waals surface area (Å²) in [5.74, 6) is 0.458. The standard InChI is InChI=1S/C27H26S/c1-22(2)26-20-12-13-21-27(26)28(23-14-6-3-7-15-23,24-16-8-4-9-17-24)25-18-10-5-11-19-25/h3-22H,1-2H3. The van der Waals surface area contributed by atoms with Crippen LogP contribution in [0, 0.1) is 0 Å². The van der Waals surface area contributed by atoms with Crippen molar-refractivity contribution in [2.24, 2.45) is 0 Å². The SMILES string of the molecule is CC(C)c1ccccc1S(c1ccccc1)(c1ccccc1)c1ccccc1. The monoisotopic (exact) mass is 382 g/mol. The molecule has 0 atom stereocenters. The predicted molar refractivity (Wildman–Crippen MR) is 121 cm³/mol. The van der Waals surface area contributed by atoms with Gasteiger partial charge in [-0.05, 0) is 53.9 Å². The van der Waals surface area contributed by atoms with Crippen molar-refractivity contribution < 1.29 is 0 Å². The van der Waals surface area contributed by atoms with Gasteiger partial charge in [-0.15, -0.1) is 10.0 Å². The summed E-state index contributed by atoms with van der Waals surface area (Å²) in [6.45, 7) is 4.59. The molecule has 4 rings (SSSR count). The summed E-state index contributed by atoms with van der Waals surface area (Å²) in [7, 11) is -1.59. The third-order valence-electron chi connectivity index (χ3n) is 5.16. The molecule has 0 nitrogen and oxygen atoms in total. The van der Waals surface area contributed by atoms with E-state index in [0.717, 1.165) is 0 Å². The summed E-state index contributed by atoms with van der Waals surface area (Å²) in [6, 6.07) is 42.1. The van der Waals surface area contributed by atoms with Crippen LogP contribution in [0.5, 0.6) is 0 Å². The highest BCUT2D eigenvalue weighted by atomic mass is 32.3. The Balaban J connectivity index is 2.18. The van der Waals surface area contributed by atoms with Crippen molar-refractivity contribution in [3.8, 4) is 0 Å². The van der Waals surface area contributed by atoms with Gasteiger partial charge in [0.2, 0.25) is 0 Å². The topological polar surface area (TPSA) is 0 Å². The highest BCUT2D eigenvalue weighted by Crippen LogP contribution is 2.74. The summed E-state index contributed by atoms with van der Waals surface area (Å²) in [6.07, 6.45) is 0. The van der Waals surface area contributed by atoms with Gasteiger partial charge in [0, 0.05) is 19.6 Å². The van der Waals surface area contributed by atoms with Crippen molar-refractivity contribution in [3.63, 3.8) is 0 Å². The van der Waals surface area contributed by atoms with Gasteiger partial charge < -0.3 is 0 Å². The van der Waals surface area contributed by atoms with Gasteiger partial charge in [0.05, 0.1) is 0 Å². The van der Waals surface area contributed by atoms with E-state index < -0.39 is 10.0 Å². The first-order valence-corrected chi connectivity index (χ1v) is 11.5. The van der Waals surface area contributed by atoms with Gasteiger partial charge in [-0.3, -0.25) is 0 Å². The van der Waals surface area contributed by atoms with Crippen LogP contribution < -0.4 is 0 Å². The number of rotatable bonds is 5. The minimum Gasteiger partial charge on any atom is -0.133 e. The van der Waals surface area contributed by atoms with E-state index in [2.05, 4.69) is 129 Å². The van der Waals surface area contributed by atoms with Gasteiger partial charge in [0.1, 0.15) is 0 Å². The lowest BCUT2D eigenvalue weighted by molar-refractivity contribution is 0.839. The normalized spacial score (nSPS) is 12.1. The molecular weight excluding hydrogens is 356 g/mol. The Bertz CT molecular complexity index is 925. The molecule has 0 aromatic heterocycles. The molecule has 0 saturated heterocycles. The lowest BCUT2D eigenvalue weighted by Gasteiger charge is -2.43. The van der Waals surface area contributed by atoms with Gasteiger partial charge in [-0.2, -0.15) is 0 Å². The van der Waals surface area contributed by atoms with Crippen LogP contribution in [0.3, 0.4) is 0 Å². The second kappa shape index (κ2) is 8.08. The summed E-state index contributed by atoms with van der Waals surface area (Å²) in [4.78, 5) is 5.56. The summed E-state index contributed by atoms with van der Waals surface area (Å²) < 4.78 is 0. The molecule has 1 heteroatoms. The van der Waals surface area contributed by atoms with Crippen LogP contribution in [0.1, 0.15) is 25.3 Å². The maximum atomic E-state index is 2.34. The third-order valence-corrected chi connectivity index (χ3v) is 9.13. The van der Waals surface area contributed by atoms with Gasteiger partial charge in [-0.25, -0.2) is 0 Å². The lowest BCUT2D eigenvalue weighted by atomic mass is 10.0. The van der Waals surface area contributed by atoms with Crippen LogP contribution in [0.2, 0.25) is 0 Å². The van der Waals surface area contributed by atoms with Crippen LogP contribution in [-0.2, 0) is 0 Å². The molecule has 0 aliphatic heterocycles. The van der Waals surface area contributed by atoms with Crippen LogP contribution in [0.4, 0.5) is 0 Å². The Kier molecular flexibility index (Phi) is 5.36. The van der Waals surface area contributed by atoms with E-state index in [1.54, 1.807) is 0 Å². The molecule has 28 heavy (non-hydrogen) atoms. The molecule has 0 N–H and O–H groups in total. The van der Waals surface area contributed by atoms with Crippen molar-refractivity contribution in [1.29, 1.82) is 0 Å². The summed E-state index contributed by atoms with van der Waals surface area (Å²) in [5, 5.41) is 0. The van der Waals surface area contributed by atoms with Crippen LogP contribution in [0.15, 0.2) is 135 Å². The van der Waals surface area contributed by atoms with E-state index in [4.69, 9.17) is 0 Å². The zero-order chi connectivity index (χ0) is 19.4. The molecule has 4 aromatic carbocycles. The summed E-state index contributed by atoms with van der Waals surface area (Å²) >= 11 is 0. The zero-order valence-electron chi connectivity index (χ0n) is 16.5. The average Bonchev–Trinajstić information content (AvgIpc) is 2.77. The smallest absolute Gasteiger partial charge is 0.00576 e. The first-order chi connectivity index (χ1) is 13.7. The Hall–Kier alpha value is -2.77. The Morgan fingerprint density at radius 3 is 1.21 bits per heavy atom. The van der Waals surface area contributed by atoms with E-state index in [9.17, 15) is 0 Å². The first-order valence-electron chi connectivity index (χ1n) is 9.82. The second-order valence-corrected chi connectivity index (χ2v) is 10.3. The fourth-order valence-corrected chi connectivity index (χ4v) is 8.11. The highest BCUT2D eigenvalue weighted by Gasteiger charge is 2.34. The maximum Gasteiger partial charge on any atom is 0.00576 e. The minimum absolute atomic E-state index is 0.458. The van der Waals surface area contributed by atoms with E-state index in [1.807, 2.05) is 0 Å². The quantitative estimate of drug-likeness (QED) is 0.327. The molecule has 0 heterocycles. The van der Waals surface area contributed by atoms with Gasteiger partial charge in [0.15, 0.2) is 0 Å². The molecule has 0 fully saturated rings. The lowest BCUT2D eigenvalue weighted by Crippen LogP contribution is -2.08. The van der Waals surface area contributed by atoms with Gasteiger partial charge in [-0.1, -0.05) is 86.6 Å². The molecule has 0 spiro atoms. The number of hydrogen-bond acceptors (Lipinski definition) is 0. The molecule has 0 aliphatic carbocycles. The fraction of sp³-hybridized carbons (Fsp3) is 0.111. The van der Waals surface area contributed by atoms with Crippen LogP contribution in [-0.4, -0.2) is 0 Å². The third kappa shape index (κ3) is 3.16. The van der Waals surface area contributed by atoms with Gasteiger partial charge >= 0.3 is 0 Å². The minimum atomic E-state index is -1.59. The molecule has 4 aromatic rings. The molecule has 140 valence electrons. The first kappa shape index (κ1) is 18.6. The van der Waals surface area contributed by atoms with Gasteiger partial charge in [0.25, 0.3) is 0 Å². The van der Waals surface area contributed by atoms with Crippen molar-refractivity contribution in [2.75, 3.05) is 0 Å². The highest BCUT2D eigenvalue weighted by molar-refractivity contribution is 8.34. The second-order valence-electron chi connectivity index (χ2n) is 7.24. The van der Waals surface area contributed by atoms with Crippen molar-refractivity contribution in [3.05, 3.63) is 121 Å². The van der Waals surface area contributed by atoms with Crippen molar-refractivity contribution in [2.45, 2.75) is 39.3 Å². The molecule has 0 unspecified atom stereocenters. The largest absolute Gasteiger partial charge is 0.133 e. The van der Waals surface area contributed by atoms with Crippen molar-refractivity contribution in [1.82, 2.24) is 0 Å². The molecule has 0 amide bonds. The fourth-order valence-electron chi connectivity index (χ4n) is 3.90. The molecule has 0 radical (unpaired) electrons. The Morgan fingerprint density at radius 1 is 0.464 bits per heavy atom. The number of benzene rings is 4. The van der Waals surface area contributed by atoms with Crippen LogP contribution in [0.25, 0.3) is 0 Å². The van der Waals surface area contributed by atoms with E-state index >= 15 is 0 Å². The molecule has 0 aliphatic rings.